The Bertz CT molecular complexity index is 1660. The lowest BCUT2D eigenvalue weighted by Crippen LogP contribution is -2.50. The molecule has 1 fully saturated rings. The van der Waals surface area contributed by atoms with Crippen molar-refractivity contribution in [2.75, 3.05) is 31.1 Å². The number of halogens is 2. The number of benzene rings is 1. The number of anilines is 1. The monoisotopic (exact) mass is 539 g/mol. The van der Waals surface area contributed by atoms with Gasteiger partial charge in [-0.15, -0.1) is 0 Å². The highest BCUT2D eigenvalue weighted by Gasteiger charge is 2.29. The summed E-state index contributed by atoms with van der Waals surface area (Å²) in [4.78, 5) is 35.8. The average Bonchev–Trinajstić information content (AvgIpc) is 3.33. The molecular weight excluding hydrogens is 517 g/mol. The Morgan fingerprint density at radius 3 is 2.66 bits per heavy atom. The van der Waals surface area contributed by atoms with E-state index in [0.717, 1.165) is 0 Å². The molecule has 11 nitrogen and oxygen atoms in total. The maximum absolute atomic E-state index is 14.4. The predicted octanol–water partition coefficient (Wildman–Crippen LogP) is 4.31. The van der Waals surface area contributed by atoms with E-state index >= 15 is 0 Å². The van der Waals surface area contributed by atoms with E-state index < -0.39 is 23.1 Å². The highest BCUT2D eigenvalue weighted by atomic mass is 35.5. The Kier molecular flexibility index (Phi) is 6.32. The number of carbonyl (C=O) groups excluding carboxylic acids is 1. The number of carbonyl (C=O) groups is 1. The molecule has 1 saturated heterocycles. The van der Waals surface area contributed by atoms with Crippen LogP contribution in [0.4, 0.5) is 14.9 Å². The number of nitriles is 1. The highest BCUT2D eigenvalue weighted by Crippen LogP contribution is 2.40. The molecule has 0 spiro atoms. The molecule has 3 aromatic heterocycles. The number of aromatic amines is 2. The number of ether oxygens (including phenoxy) is 2. The zero-order valence-electron chi connectivity index (χ0n) is 20.8. The molecule has 0 atom stereocenters. The molecule has 1 aromatic carbocycles. The fraction of sp³-hybridized carbons (Fsp3) is 0.320. The van der Waals surface area contributed by atoms with E-state index in [1.165, 1.54) is 18.5 Å². The summed E-state index contributed by atoms with van der Waals surface area (Å²) in [5.74, 6) is -0.775. The van der Waals surface area contributed by atoms with Gasteiger partial charge in [0.25, 0.3) is 5.56 Å². The fourth-order valence-electron chi connectivity index (χ4n) is 4.33. The standard InChI is InChI=1S/C25H23ClFN7O4/c1-25(2,3)38-24(36)34-8-6-33(7-9-34)20-13-4-5-29-23(19(13)31-22(35)14(20)11-28)37-21-15-12-30-32-17(15)10-16(27)18(21)26/h4-5,10,12H,6-9H2,1-3H3,(H,30,32)(H,31,35). The molecule has 38 heavy (non-hydrogen) atoms. The van der Waals surface area contributed by atoms with Gasteiger partial charge < -0.3 is 24.3 Å². The number of pyridine rings is 2. The molecule has 4 heterocycles. The number of hydrogen-bond donors (Lipinski definition) is 2. The molecule has 0 unspecified atom stereocenters. The number of aromatic nitrogens is 4. The molecule has 1 amide bonds. The quantitative estimate of drug-likeness (QED) is 0.392. The molecule has 5 rings (SSSR count). The molecule has 0 aliphatic carbocycles. The fourth-order valence-corrected chi connectivity index (χ4v) is 4.52. The first kappa shape index (κ1) is 25.3. The van der Waals surface area contributed by atoms with Crippen molar-refractivity contribution in [1.29, 1.82) is 5.26 Å². The number of rotatable bonds is 3. The van der Waals surface area contributed by atoms with Gasteiger partial charge in [-0.2, -0.15) is 10.4 Å². The molecule has 1 aliphatic heterocycles. The predicted molar refractivity (Wildman–Crippen MR) is 138 cm³/mol. The Morgan fingerprint density at radius 1 is 1.24 bits per heavy atom. The van der Waals surface area contributed by atoms with Crippen LogP contribution in [0.2, 0.25) is 5.02 Å². The van der Waals surface area contributed by atoms with Crippen LogP contribution in [-0.2, 0) is 4.74 Å². The number of nitrogens with zero attached hydrogens (tertiary/aromatic N) is 5. The molecule has 0 saturated carbocycles. The van der Waals surface area contributed by atoms with Gasteiger partial charge >= 0.3 is 6.09 Å². The van der Waals surface area contributed by atoms with Gasteiger partial charge in [0.2, 0.25) is 5.88 Å². The third kappa shape index (κ3) is 4.56. The van der Waals surface area contributed by atoms with Crippen molar-refractivity contribution in [2.45, 2.75) is 26.4 Å². The minimum absolute atomic E-state index is 0.0202. The SMILES string of the molecule is CC(C)(C)OC(=O)N1CCN(c2c(C#N)c(=O)[nH]c3c(Oc4c(Cl)c(F)cc5[nH]ncc45)nccc23)CC1. The number of H-pyrrole nitrogens is 2. The molecule has 1 aliphatic rings. The van der Waals surface area contributed by atoms with Gasteiger partial charge in [-0.25, -0.2) is 14.2 Å². The van der Waals surface area contributed by atoms with Crippen molar-refractivity contribution < 1.29 is 18.7 Å². The van der Waals surface area contributed by atoms with Gasteiger partial charge in [-0.1, -0.05) is 11.6 Å². The Balaban J connectivity index is 1.54. The third-order valence-corrected chi connectivity index (χ3v) is 6.38. The van der Waals surface area contributed by atoms with Gasteiger partial charge in [-0.3, -0.25) is 9.89 Å². The maximum Gasteiger partial charge on any atom is 0.410 e. The second-order valence-corrected chi connectivity index (χ2v) is 10.1. The minimum atomic E-state index is -0.720. The number of hydrogen-bond acceptors (Lipinski definition) is 8. The van der Waals surface area contributed by atoms with Crippen molar-refractivity contribution in [2.24, 2.45) is 0 Å². The van der Waals surface area contributed by atoms with Crippen LogP contribution in [0.5, 0.6) is 11.6 Å². The summed E-state index contributed by atoms with van der Waals surface area (Å²) in [6.07, 6.45) is 2.47. The first-order valence-corrected chi connectivity index (χ1v) is 12.1. The third-order valence-electron chi connectivity index (χ3n) is 6.03. The van der Waals surface area contributed by atoms with Crippen LogP contribution in [0.3, 0.4) is 0 Å². The molecule has 13 heteroatoms. The zero-order chi connectivity index (χ0) is 27.2. The van der Waals surface area contributed by atoms with Crippen LogP contribution < -0.4 is 15.2 Å². The molecule has 196 valence electrons. The maximum atomic E-state index is 14.4. The summed E-state index contributed by atoms with van der Waals surface area (Å²) in [6.45, 7) is 6.77. The van der Waals surface area contributed by atoms with E-state index in [4.69, 9.17) is 21.1 Å². The van der Waals surface area contributed by atoms with Crippen molar-refractivity contribution in [3.8, 4) is 17.7 Å². The van der Waals surface area contributed by atoms with Crippen LogP contribution in [0, 0.1) is 17.1 Å². The normalized spacial score (nSPS) is 14.1. The second kappa shape index (κ2) is 9.50. The topological polar surface area (TPSA) is 140 Å². The largest absolute Gasteiger partial charge is 0.444 e. The van der Waals surface area contributed by atoms with Gasteiger partial charge in [0.1, 0.15) is 33.6 Å². The molecular formula is C25H23ClFN7O4. The summed E-state index contributed by atoms with van der Waals surface area (Å²) in [6, 6.07) is 4.84. The Labute approximate surface area is 220 Å². The zero-order valence-corrected chi connectivity index (χ0v) is 21.5. The van der Waals surface area contributed by atoms with Gasteiger partial charge in [-0.05, 0) is 26.8 Å². The summed E-state index contributed by atoms with van der Waals surface area (Å²) in [7, 11) is 0. The van der Waals surface area contributed by atoms with Crippen LogP contribution in [0.15, 0.2) is 29.3 Å². The lowest BCUT2D eigenvalue weighted by Gasteiger charge is -2.37. The van der Waals surface area contributed by atoms with Crippen LogP contribution in [-0.4, -0.2) is 62.9 Å². The van der Waals surface area contributed by atoms with E-state index in [0.29, 0.717) is 48.2 Å². The number of piperazine rings is 1. The van der Waals surface area contributed by atoms with E-state index in [9.17, 15) is 19.2 Å². The van der Waals surface area contributed by atoms with Crippen LogP contribution in [0.1, 0.15) is 26.3 Å². The van der Waals surface area contributed by atoms with Crippen molar-refractivity contribution in [3.63, 3.8) is 0 Å². The van der Waals surface area contributed by atoms with E-state index in [-0.39, 0.29) is 27.7 Å². The number of amides is 1. The summed E-state index contributed by atoms with van der Waals surface area (Å²) >= 11 is 6.21. The van der Waals surface area contributed by atoms with Crippen molar-refractivity contribution in [1.82, 2.24) is 25.1 Å². The van der Waals surface area contributed by atoms with E-state index in [2.05, 4.69) is 20.2 Å². The first-order valence-electron chi connectivity index (χ1n) is 11.7. The van der Waals surface area contributed by atoms with Gasteiger partial charge in [0.05, 0.1) is 22.8 Å². The van der Waals surface area contributed by atoms with Crippen molar-refractivity contribution >= 4 is 45.2 Å². The van der Waals surface area contributed by atoms with Gasteiger partial charge in [0.15, 0.2) is 5.75 Å². The Hall–Kier alpha value is -4.37. The Morgan fingerprint density at radius 2 is 1.97 bits per heavy atom. The highest BCUT2D eigenvalue weighted by molar-refractivity contribution is 6.33. The van der Waals surface area contributed by atoms with Gasteiger partial charge in [0, 0.05) is 43.8 Å². The molecule has 2 N–H and O–H groups in total. The van der Waals surface area contributed by atoms with Crippen molar-refractivity contribution in [3.05, 3.63) is 51.3 Å². The molecule has 0 bridgehead atoms. The minimum Gasteiger partial charge on any atom is -0.444 e. The van der Waals surface area contributed by atoms with Crippen LogP contribution in [0.25, 0.3) is 21.8 Å². The first-order chi connectivity index (χ1) is 18.1. The average molecular weight is 540 g/mol. The molecule has 4 aromatic rings. The second-order valence-electron chi connectivity index (χ2n) is 9.72. The smallest absolute Gasteiger partial charge is 0.410 e. The number of fused-ring (bicyclic) bond motifs is 2. The summed E-state index contributed by atoms with van der Waals surface area (Å²) < 4.78 is 25.9. The van der Waals surface area contributed by atoms with Crippen LogP contribution >= 0.6 is 11.6 Å². The van der Waals surface area contributed by atoms with E-state index in [1.807, 2.05) is 11.0 Å². The lowest BCUT2D eigenvalue weighted by molar-refractivity contribution is 0.0240. The summed E-state index contributed by atoms with van der Waals surface area (Å²) in [5.41, 5.74) is -0.381. The number of nitrogens with one attached hydrogen (secondary N) is 2. The molecule has 0 radical (unpaired) electrons. The van der Waals surface area contributed by atoms with E-state index in [1.54, 1.807) is 31.7 Å². The lowest BCUT2D eigenvalue weighted by atomic mass is 10.1. The summed E-state index contributed by atoms with van der Waals surface area (Å²) in [5, 5.41) is 17.0.